The van der Waals surface area contributed by atoms with Crippen LogP contribution in [0.1, 0.15) is 17.0 Å². The Bertz CT molecular complexity index is 637. The van der Waals surface area contributed by atoms with Gasteiger partial charge in [-0.3, -0.25) is 4.57 Å². The SMILES string of the molecule is N#Cc1nccn1-c1ccc(CN)c(C(F)(F)F)c1. The van der Waals surface area contributed by atoms with E-state index in [1.807, 2.05) is 0 Å². The van der Waals surface area contributed by atoms with Crippen LogP contribution in [-0.2, 0) is 12.7 Å². The minimum absolute atomic E-state index is 0.00914. The second-order valence-electron chi connectivity index (χ2n) is 3.78. The predicted molar refractivity (Wildman–Crippen MR) is 61.2 cm³/mol. The van der Waals surface area contributed by atoms with Crippen molar-refractivity contribution >= 4 is 0 Å². The second kappa shape index (κ2) is 4.74. The highest BCUT2D eigenvalue weighted by molar-refractivity contribution is 5.44. The van der Waals surface area contributed by atoms with Gasteiger partial charge in [-0.15, -0.1) is 0 Å². The Hall–Kier alpha value is -2.33. The zero-order chi connectivity index (χ0) is 14.0. The van der Waals surface area contributed by atoms with Crippen molar-refractivity contribution in [3.05, 3.63) is 47.5 Å². The van der Waals surface area contributed by atoms with Crippen LogP contribution < -0.4 is 5.73 Å². The quantitative estimate of drug-likeness (QED) is 0.906. The molecule has 0 saturated heterocycles. The Morgan fingerprint density at radius 1 is 1.37 bits per heavy atom. The van der Waals surface area contributed by atoms with E-state index in [0.717, 1.165) is 6.07 Å². The van der Waals surface area contributed by atoms with Gasteiger partial charge in [-0.05, 0) is 17.7 Å². The molecule has 0 aliphatic heterocycles. The highest BCUT2D eigenvalue weighted by Gasteiger charge is 2.33. The maximum atomic E-state index is 12.9. The standard InChI is InChI=1S/C12H9F3N4/c13-12(14,15)10-5-9(2-1-8(10)6-16)19-4-3-18-11(19)7-17/h1-5H,6,16H2. The van der Waals surface area contributed by atoms with E-state index in [1.165, 1.54) is 29.1 Å². The van der Waals surface area contributed by atoms with E-state index >= 15 is 0 Å². The summed E-state index contributed by atoms with van der Waals surface area (Å²) in [5, 5.41) is 8.82. The molecule has 7 heteroatoms. The van der Waals surface area contributed by atoms with E-state index < -0.39 is 11.7 Å². The molecule has 1 heterocycles. The summed E-state index contributed by atoms with van der Waals surface area (Å²) < 4.78 is 40.0. The highest BCUT2D eigenvalue weighted by atomic mass is 19.4. The molecule has 2 rings (SSSR count). The van der Waals surface area contributed by atoms with Crippen molar-refractivity contribution in [2.45, 2.75) is 12.7 Å². The zero-order valence-electron chi connectivity index (χ0n) is 9.65. The van der Waals surface area contributed by atoms with Gasteiger partial charge in [-0.1, -0.05) is 6.07 Å². The van der Waals surface area contributed by atoms with Crippen LogP contribution >= 0.6 is 0 Å². The maximum Gasteiger partial charge on any atom is 0.416 e. The van der Waals surface area contributed by atoms with Gasteiger partial charge < -0.3 is 5.73 Å². The number of hydrogen-bond donors (Lipinski definition) is 1. The molecule has 0 aliphatic carbocycles. The Labute approximate surface area is 106 Å². The summed E-state index contributed by atoms with van der Waals surface area (Å²) in [5.41, 5.74) is 4.73. The first kappa shape index (κ1) is 13.1. The van der Waals surface area contributed by atoms with Crippen molar-refractivity contribution in [1.82, 2.24) is 9.55 Å². The molecule has 0 fully saturated rings. The summed E-state index contributed by atoms with van der Waals surface area (Å²) >= 11 is 0. The third kappa shape index (κ3) is 2.44. The Kier molecular flexibility index (Phi) is 3.27. The lowest BCUT2D eigenvalue weighted by molar-refractivity contribution is -0.138. The molecular weight excluding hydrogens is 257 g/mol. The summed E-state index contributed by atoms with van der Waals surface area (Å²) in [7, 11) is 0. The number of halogens is 3. The molecule has 0 atom stereocenters. The summed E-state index contributed by atoms with van der Waals surface area (Å²) in [6, 6.07) is 5.55. The third-order valence-corrected chi connectivity index (χ3v) is 2.64. The molecular formula is C12H9F3N4. The molecule has 1 aromatic heterocycles. The fourth-order valence-corrected chi connectivity index (χ4v) is 1.75. The fourth-order valence-electron chi connectivity index (χ4n) is 1.75. The second-order valence-corrected chi connectivity index (χ2v) is 3.78. The number of rotatable bonds is 2. The van der Waals surface area contributed by atoms with Crippen molar-refractivity contribution in [3.8, 4) is 11.8 Å². The van der Waals surface area contributed by atoms with E-state index in [0.29, 0.717) is 0 Å². The van der Waals surface area contributed by atoms with Crippen molar-refractivity contribution in [2.75, 3.05) is 0 Å². The smallest absolute Gasteiger partial charge is 0.326 e. The Balaban J connectivity index is 2.59. The first-order valence-corrected chi connectivity index (χ1v) is 5.31. The van der Waals surface area contributed by atoms with Crippen molar-refractivity contribution in [2.24, 2.45) is 5.73 Å². The minimum Gasteiger partial charge on any atom is -0.326 e. The van der Waals surface area contributed by atoms with Gasteiger partial charge in [0.05, 0.1) is 5.56 Å². The number of nitriles is 1. The normalized spacial score (nSPS) is 11.3. The van der Waals surface area contributed by atoms with E-state index in [9.17, 15) is 13.2 Å². The van der Waals surface area contributed by atoms with E-state index in [4.69, 9.17) is 11.0 Å². The van der Waals surface area contributed by atoms with Crippen LogP contribution in [0.15, 0.2) is 30.6 Å². The van der Waals surface area contributed by atoms with Crippen molar-refractivity contribution < 1.29 is 13.2 Å². The summed E-state index contributed by atoms with van der Waals surface area (Å²) in [5.74, 6) is 0.0219. The van der Waals surface area contributed by atoms with Crippen LogP contribution in [0, 0.1) is 11.3 Å². The van der Waals surface area contributed by atoms with Crippen molar-refractivity contribution in [1.29, 1.82) is 5.26 Å². The lowest BCUT2D eigenvalue weighted by atomic mass is 10.1. The monoisotopic (exact) mass is 266 g/mol. The Morgan fingerprint density at radius 3 is 2.68 bits per heavy atom. The van der Waals surface area contributed by atoms with Crippen LogP contribution in [0.2, 0.25) is 0 Å². The van der Waals surface area contributed by atoms with Gasteiger partial charge in [-0.25, -0.2) is 4.98 Å². The van der Waals surface area contributed by atoms with Gasteiger partial charge >= 0.3 is 6.18 Å². The van der Waals surface area contributed by atoms with E-state index in [-0.39, 0.29) is 23.6 Å². The van der Waals surface area contributed by atoms with Crippen LogP contribution in [0.3, 0.4) is 0 Å². The molecule has 0 unspecified atom stereocenters. The van der Waals surface area contributed by atoms with Crippen LogP contribution in [-0.4, -0.2) is 9.55 Å². The molecule has 1 aromatic carbocycles. The van der Waals surface area contributed by atoms with Crippen molar-refractivity contribution in [3.63, 3.8) is 0 Å². The van der Waals surface area contributed by atoms with Gasteiger partial charge in [-0.2, -0.15) is 18.4 Å². The number of alkyl halides is 3. The minimum atomic E-state index is -4.49. The first-order valence-electron chi connectivity index (χ1n) is 5.31. The molecule has 0 bridgehead atoms. The van der Waals surface area contributed by atoms with Gasteiger partial charge in [0.25, 0.3) is 0 Å². The molecule has 0 spiro atoms. The van der Waals surface area contributed by atoms with E-state index in [1.54, 1.807) is 6.07 Å². The molecule has 0 amide bonds. The average molecular weight is 266 g/mol. The number of aromatic nitrogens is 2. The average Bonchev–Trinajstić information content (AvgIpc) is 2.85. The van der Waals surface area contributed by atoms with Crippen LogP contribution in [0.5, 0.6) is 0 Å². The predicted octanol–water partition coefficient (Wildman–Crippen LogP) is 2.22. The molecule has 4 nitrogen and oxygen atoms in total. The summed E-state index contributed by atoms with van der Waals surface area (Å²) in [6.45, 7) is -0.204. The fraction of sp³-hybridized carbons (Fsp3) is 0.167. The number of nitrogens with zero attached hydrogens (tertiary/aromatic N) is 3. The van der Waals surface area contributed by atoms with Crippen LogP contribution in [0.25, 0.3) is 5.69 Å². The topological polar surface area (TPSA) is 67.6 Å². The number of nitrogens with two attached hydrogens (primary N) is 1. The van der Waals surface area contributed by atoms with Gasteiger partial charge in [0.15, 0.2) is 0 Å². The van der Waals surface area contributed by atoms with Gasteiger partial charge in [0, 0.05) is 24.6 Å². The summed E-state index contributed by atoms with van der Waals surface area (Å²) in [6.07, 6.45) is -1.71. The third-order valence-electron chi connectivity index (χ3n) is 2.64. The first-order chi connectivity index (χ1) is 8.97. The zero-order valence-corrected chi connectivity index (χ0v) is 9.65. The lowest BCUT2D eigenvalue weighted by Crippen LogP contribution is -2.13. The van der Waals surface area contributed by atoms with Gasteiger partial charge in [0.2, 0.25) is 5.82 Å². The molecule has 0 aliphatic rings. The molecule has 98 valence electrons. The number of imidazole rings is 1. The largest absolute Gasteiger partial charge is 0.416 e. The maximum absolute atomic E-state index is 12.9. The van der Waals surface area contributed by atoms with Crippen LogP contribution in [0.4, 0.5) is 13.2 Å². The number of benzene rings is 1. The van der Waals surface area contributed by atoms with Gasteiger partial charge in [0.1, 0.15) is 6.07 Å². The highest BCUT2D eigenvalue weighted by Crippen LogP contribution is 2.33. The molecule has 0 radical (unpaired) electrons. The lowest BCUT2D eigenvalue weighted by Gasteiger charge is -2.14. The molecule has 0 saturated carbocycles. The molecule has 2 aromatic rings. The molecule has 19 heavy (non-hydrogen) atoms. The number of hydrogen-bond acceptors (Lipinski definition) is 3. The van der Waals surface area contributed by atoms with E-state index in [2.05, 4.69) is 4.98 Å². The Morgan fingerprint density at radius 2 is 2.11 bits per heavy atom. The summed E-state index contributed by atoms with van der Waals surface area (Å²) in [4.78, 5) is 3.74. The molecule has 2 N–H and O–H groups in total.